The minimum atomic E-state index is -0.750. The van der Waals surface area contributed by atoms with Crippen LogP contribution in [0.5, 0.6) is 0 Å². The van der Waals surface area contributed by atoms with E-state index < -0.39 is 17.0 Å². The summed E-state index contributed by atoms with van der Waals surface area (Å²) in [7, 11) is 0. The molecule has 1 aromatic heterocycles. The highest BCUT2D eigenvalue weighted by molar-refractivity contribution is 6.19. The maximum atomic E-state index is 5.42. The van der Waals surface area contributed by atoms with Gasteiger partial charge in [0, 0.05) is 27.5 Å². The topological polar surface area (TPSA) is 41.7 Å². The fourth-order valence-corrected chi connectivity index (χ4v) is 11.9. The van der Waals surface area contributed by atoms with Crippen molar-refractivity contribution in [1.29, 1.82) is 0 Å². The number of hydrogen-bond donors (Lipinski definition) is 1. The van der Waals surface area contributed by atoms with E-state index in [2.05, 4.69) is 246 Å². The number of aliphatic imine (C=N–C) groups is 2. The van der Waals surface area contributed by atoms with Gasteiger partial charge in [-0.25, -0.2) is 9.98 Å². The normalized spacial score (nSPS) is 16.7. The highest BCUT2D eigenvalue weighted by atomic mass is 15.2. The first-order valence-electron chi connectivity index (χ1n) is 24.0. The lowest BCUT2D eigenvalue weighted by atomic mass is 9.58. The molecule has 4 nitrogen and oxygen atoms in total. The van der Waals surface area contributed by atoms with Crippen LogP contribution in [0.15, 0.2) is 211 Å². The third-order valence-corrected chi connectivity index (χ3v) is 14.8. The number of aromatic nitrogens is 1. The Labute approximate surface area is 406 Å². The lowest BCUT2D eigenvalue weighted by Crippen LogP contribution is -2.48. The summed E-state index contributed by atoms with van der Waals surface area (Å²) in [5, 5.41) is 5.90. The van der Waals surface area contributed by atoms with E-state index in [1.165, 1.54) is 44.6 Å². The van der Waals surface area contributed by atoms with Crippen LogP contribution in [0, 0.1) is 27.7 Å². The molecule has 7 aromatic carbocycles. The SMILES string of the molecule is C=C(/C=c1/c(/C=C\C)c2n3c1=C(C)C(c1ccccc1)(c1ccccc1)c1cccc(c1-3)C(c1ccccc1)(c1ccccc1)C2=C)C1=NC(c2ccc(C)cc2C)N=C(c2ccc(C)cc2C)N1. The summed E-state index contributed by atoms with van der Waals surface area (Å²) in [6, 6.07) is 64.2. The highest BCUT2D eigenvalue weighted by Gasteiger charge is 2.52. The number of allylic oxidation sites excluding steroid dienone is 2. The molecule has 3 aliphatic heterocycles. The third kappa shape index (κ3) is 6.57. The fourth-order valence-electron chi connectivity index (χ4n) is 11.9. The molecule has 336 valence electrons. The van der Waals surface area contributed by atoms with Gasteiger partial charge in [-0.2, -0.15) is 0 Å². The van der Waals surface area contributed by atoms with Crippen LogP contribution < -0.4 is 15.9 Å². The third-order valence-electron chi connectivity index (χ3n) is 14.8. The fraction of sp³-hybridized carbons (Fsp3) is 0.138. The van der Waals surface area contributed by atoms with Gasteiger partial charge in [-0.05, 0) is 103 Å². The van der Waals surface area contributed by atoms with E-state index in [1.807, 2.05) is 0 Å². The van der Waals surface area contributed by atoms with Crippen molar-refractivity contribution >= 4 is 35.0 Å². The van der Waals surface area contributed by atoms with Crippen LogP contribution in [0.1, 0.15) is 98.0 Å². The van der Waals surface area contributed by atoms with Crippen molar-refractivity contribution in [1.82, 2.24) is 9.88 Å². The highest BCUT2D eigenvalue weighted by Crippen LogP contribution is 2.58. The molecular formula is C65H56N4. The standard InChI is InChI=1S/C65H56N4/c1-9-23-54-55(40-45(6)61-66-62(52-36-34-41(2)38-43(52)4)68-63(67-61)53-37-35-42(3)39-44(53)5)59-47(8)65(50-28-18-12-19-29-50,51-30-20-13-21-31-51)57-33-22-32-56-60(57)69(59)58(54)46(7)64(56,48-24-14-10-15-25-48)49-26-16-11-17-27-49/h9-40,62H,6-7H2,1-5,8H3,(H,66,67,68)/b23-9-,55-40-. The average molecular weight is 893 g/mol. The number of aryl methyl sites for hydroxylation is 4. The second-order valence-corrected chi connectivity index (χ2v) is 18.9. The molecule has 0 fully saturated rings. The van der Waals surface area contributed by atoms with Crippen molar-refractivity contribution in [3.8, 4) is 5.69 Å². The molecule has 1 unspecified atom stereocenters. The number of amidine groups is 2. The maximum absolute atomic E-state index is 5.42. The van der Waals surface area contributed by atoms with E-state index in [1.54, 1.807) is 0 Å². The first-order valence-corrected chi connectivity index (χ1v) is 24.0. The molecule has 0 spiro atoms. The van der Waals surface area contributed by atoms with Crippen molar-refractivity contribution in [2.75, 3.05) is 0 Å². The predicted molar refractivity (Wildman–Crippen MR) is 289 cm³/mol. The number of hydrogen-bond acceptors (Lipinski definition) is 3. The molecule has 1 atom stereocenters. The zero-order valence-corrected chi connectivity index (χ0v) is 40.3. The quantitative estimate of drug-likeness (QED) is 0.154. The van der Waals surface area contributed by atoms with Gasteiger partial charge >= 0.3 is 0 Å². The zero-order valence-electron chi connectivity index (χ0n) is 40.3. The molecule has 0 saturated carbocycles. The lowest BCUT2D eigenvalue weighted by Gasteiger charge is -2.48. The van der Waals surface area contributed by atoms with Crippen molar-refractivity contribution in [2.24, 2.45) is 9.98 Å². The van der Waals surface area contributed by atoms with Crippen LogP contribution in [0.3, 0.4) is 0 Å². The molecule has 69 heavy (non-hydrogen) atoms. The summed E-state index contributed by atoms with van der Waals surface area (Å²) in [6.45, 7) is 23.1. The minimum Gasteiger partial charge on any atom is -0.324 e. The number of benzene rings is 7. The van der Waals surface area contributed by atoms with E-state index in [0.717, 1.165) is 72.2 Å². The monoisotopic (exact) mass is 892 g/mol. The second kappa shape index (κ2) is 16.9. The maximum Gasteiger partial charge on any atom is 0.170 e. The Hall–Kier alpha value is -8.08. The van der Waals surface area contributed by atoms with Gasteiger partial charge in [0.05, 0.1) is 27.6 Å². The molecular weight excluding hydrogens is 837 g/mol. The van der Waals surface area contributed by atoms with Gasteiger partial charge in [0.2, 0.25) is 0 Å². The van der Waals surface area contributed by atoms with Gasteiger partial charge in [-0.15, -0.1) is 0 Å². The van der Waals surface area contributed by atoms with Crippen molar-refractivity contribution in [3.05, 3.63) is 289 Å². The Morgan fingerprint density at radius 3 is 1.67 bits per heavy atom. The molecule has 1 N–H and O–H groups in total. The van der Waals surface area contributed by atoms with E-state index in [9.17, 15) is 0 Å². The van der Waals surface area contributed by atoms with Crippen LogP contribution >= 0.6 is 0 Å². The first-order chi connectivity index (χ1) is 33.6. The molecule has 0 aliphatic carbocycles. The summed E-state index contributed by atoms with van der Waals surface area (Å²) in [5.74, 6) is 1.46. The van der Waals surface area contributed by atoms with E-state index in [-0.39, 0.29) is 0 Å². The van der Waals surface area contributed by atoms with Crippen LogP contribution in [0.4, 0.5) is 0 Å². The average Bonchev–Trinajstić information content (AvgIpc) is 3.69. The summed E-state index contributed by atoms with van der Waals surface area (Å²) >= 11 is 0. The Balaban J connectivity index is 1.28. The number of para-hydroxylation sites is 1. The molecule has 0 radical (unpaired) electrons. The van der Waals surface area contributed by atoms with Crippen molar-refractivity contribution in [2.45, 2.75) is 58.5 Å². The molecule has 3 aliphatic rings. The molecule has 4 heterocycles. The molecule has 8 aromatic rings. The Bertz CT molecular complexity index is 3530. The molecule has 0 bridgehead atoms. The number of nitrogens with one attached hydrogen (secondary N) is 1. The molecule has 0 saturated heterocycles. The van der Waals surface area contributed by atoms with E-state index in [4.69, 9.17) is 23.1 Å². The van der Waals surface area contributed by atoms with Gasteiger partial charge in [0.15, 0.2) is 6.17 Å². The van der Waals surface area contributed by atoms with Crippen LogP contribution in [0.25, 0.3) is 29.0 Å². The van der Waals surface area contributed by atoms with Crippen molar-refractivity contribution in [3.63, 3.8) is 0 Å². The largest absolute Gasteiger partial charge is 0.324 e. The van der Waals surface area contributed by atoms with Gasteiger partial charge in [-0.3, -0.25) is 0 Å². The minimum absolute atomic E-state index is 0.470. The number of nitrogens with zero attached hydrogens (tertiary/aromatic N) is 3. The summed E-state index contributed by atoms with van der Waals surface area (Å²) in [5.41, 5.74) is 18.8. The van der Waals surface area contributed by atoms with Gasteiger partial charge in [0.25, 0.3) is 0 Å². The van der Waals surface area contributed by atoms with Gasteiger partial charge in [0.1, 0.15) is 11.7 Å². The smallest absolute Gasteiger partial charge is 0.170 e. The second-order valence-electron chi connectivity index (χ2n) is 18.9. The molecule has 11 rings (SSSR count). The molecule has 0 amide bonds. The summed E-state index contributed by atoms with van der Waals surface area (Å²) in [6.07, 6.45) is 6.23. The Kier molecular flexibility index (Phi) is 10.7. The van der Waals surface area contributed by atoms with Crippen molar-refractivity contribution < 1.29 is 0 Å². The predicted octanol–water partition coefficient (Wildman–Crippen LogP) is 13.1. The van der Waals surface area contributed by atoms with Crippen LogP contribution in [0.2, 0.25) is 0 Å². The Morgan fingerprint density at radius 1 is 0.609 bits per heavy atom. The van der Waals surface area contributed by atoms with E-state index >= 15 is 0 Å². The van der Waals surface area contributed by atoms with Gasteiger partial charge < -0.3 is 9.88 Å². The van der Waals surface area contributed by atoms with Gasteiger partial charge in [-0.1, -0.05) is 212 Å². The van der Waals surface area contributed by atoms with E-state index in [0.29, 0.717) is 5.84 Å². The number of rotatable bonds is 9. The van der Waals surface area contributed by atoms with Crippen LogP contribution in [-0.2, 0) is 10.8 Å². The Morgan fingerprint density at radius 2 is 1.13 bits per heavy atom. The summed E-state index contributed by atoms with van der Waals surface area (Å²) in [4.78, 5) is 10.7. The first kappa shape index (κ1) is 43.5. The van der Waals surface area contributed by atoms with Crippen LogP contribution in [-0.4, -0.2) is 16.2 Å². The molecule has 4 heteroatoms. The summed E-state index contributed by atoms with van der Waals surface area (Å²) < 4.78 is 2.54. The zero-order chi connectivity index (χ0) is 47.6. The lowest BCUT2D eigenvalue weighted by molar-refractivity contribution is 0.692.